The molecule has 0 N–H and O–H groups in total. The highest BCUT2D eigenvalue weighted by molar-refractivity contribution is 6.11. The van der Waals surface area contributed by atoms with E-state index in [1.807, 2.05) is 239 Å². The molecule has 6 aromatic heterocycles. The number of fused-ring (bicyclic) bond motifs is 6. The van der Waals surface area contributed by atoms with Crippen molar-refractivity contribution >= 4 is 43.4 Å². The van der Waals surface area contributed by atoms with Crippen molar-refractivity contribution in [2.75, 3.05) is 0 Å². The average molecular weight is 1710 g/mol. The number of nitrogens with zero attached hydrogens (tertiary/aromatic N) is 13. The van der Waals surface area contributed by atoms with E-state index in [1.54, 1.807) is 0 Å². The Kier molecular flexibility index (Phi) is 23.0. The molecule has 133 heavy (non-hydrogen) atoms. The van der Waals surface area contributed by atoms with Gasteiger partial charge in [-0.1, -0.05) is 357 Å². The maximum absolute atomic E-state index is 5.05. The van der Waals surface area contributed by atoms with E-state index in [9.17, 15) is 0 Å². The molecule has 0 spiro atoms. The van der Waals surface area contributed by atoms with E-state index in [4.69, 9.17) is 49.8 Å². The highest BCUT2D eigenvalue weighted by atomic mass is 15.1. The average Bonchev–Trinajstić information content (AvgIpc) is 0.449. The summed E-state index contributed by atoms with van der Waals surface area (Å²) >= 11 is 0. The number of benzene rings is 17. The molecule has 628 valence electrons. The zero-order valence-electron chi connectivity index (χ0n) is 73.0. The van der Waals surface area contributed by atoms with Crippen molar-refractivity contribution in [3.63, 3.8) is 0 Å². The maximum atomic E-state index is 5.05. The third kappa shape index (κ3) is 18.2. The minimum Gasteiger partial charge on any atom is -0.254 e. The van der Waals surface area contributed by atoms with Crippen LogP contribution < -0.4 is 0 Å². The van der Waals surface area contributed by atoms with Crippen molar-refractivity contribution < 1.29 is 0 Å². The Balaban J connectivity index is 0.000000120. The van der Waals surface area contributed by atoms with Crippen molar-refractivity contribution in [2.45, 2.75) is 20.8 Å². The Morgan fingerprint density at radius 1 is 0.143 bits per heavy atom. The van der Waals surface area contributed by atoms with Crippen molar-refractivity contribution in [3.05, 3.63) is 466 Å². The summed E-state index contributed by atoms with van der Waals surface area (Å²) in [5, 5.41) is 7.07. The summed E-state index contributed by atoms with van der Waals surface area (Å²) in [4.78, 5) is 63.6. The van der Waals surface area contributed by atoms with Gasteiger partial charge in [0, 0.05) is 90.2 Å². The number of hydrogen-bond donors (Lipinski definition) is 0. The molecule has 13 nitrogen and oxygen atoms in total. The fourth-order valence-electron chi connectivity index (χ4n) is 17.0. The zero-order valence-corrected chi connectivity index (χ0v) is 73.0. The summed E-state index contributed by atoms with van der Waals surface area (Å²) in [6.45, 7) is 6.12. The second kappa shape index (κ2) is 37.2. The molecule has 0 bridgehead atoms. The van der Waals surface area contributed by atoms with E-state index >= 15 is 0 Å². The lowest BCUT2D eigenvalue weighted by Crippen LogP contribution is -2.00. The fourth-order valence-corrected chi connectivity index (χ4v) is 17.0. The molecule has 23 rings (SSSR count). The Bertz CT molecular complexity index is 7990. The molecule has 0 saturated carbocycles. The van der Waals surface area contributed by atoms with Crippen molar-refractivity contribution in [3.8, 4) is 181 Å². The summed E-state index contributed by atoms with van der Waals surface area (Å²) in [6, 6.07) is 150. The SMILES string of the molecule is Cc1cc(C)nc(-c2ccc(-c3cc(-c4ccccc4)cc(-c4nc(-c5ccccc5)nc(-c5ccccc5)n4)c3)cc2)n1.Cc1cccc(-c2cc(-c3ccc4c(ccc5ccccc54)c3)cc(-c3nc(-c4ccccc4)nc(-c4ccccc4)n3)c2)c1.c1ccc(-c2cc(-c3nc(-c4ccccc4)nc(-c4ccccc4)n3)cc(-c3cc4cccnc4c4ncccc34)c2)cc1. The van der Waals surface area contributed by atoms with E-state index in [1.165, 1.54) is 27.1 Å². The predicted octanol–water partition coefficient (Wildman–Crippen LogP) is 29.4. The van der Waals surface area contributed by atoms with E-state index in [0.717, 1.165) is 161 Å². The van der Waals surface area contributed by atoms with E-state index < -0.39 is 0 Å². The second-order valence-corrected chi connectivity index (χ2v) is 32.8. The van der Waals surface area contributed by atoms with Gasteiger partial charge in [-0.25, -0.2) is 54.8 Å². The Hall–Kier alpha value is -17.8. The van der Waals surface area contributed by atoms with Gasteiger partial charge in [0.05, 0.1) is 11.0 Å². The largest absolute Gasteiger partial charge is 0.254 e. The fraction of sp³-hybridized carbons (Fsp3) is 0.0250. The molecule has 0 aliphatic carbocycles. The van der Waals surface area contributed by atoms with Crippen LogP contribution in [0.2, 0.25) is 0 Å². The molecule has 23 aromatic rings. The second-order valence-electron chi connectivity index (χ2n) is 32.8. The summed E-state index contributed by atoms with van der Waals surface area (Å²) in [6.07, 6.45) is 3.65. The van der Waals surface area contributed by atoms with Crippen molar-refractivity contribution in [1.29, 1.82) is 0 Å². The number of aryl methyl sites for hydroxylation is 3. The van der Waals surface area contributed by atoms with Crippen LogP contribution in [0.4, 0.5) is 0 Å². The van der Waals surface area contributed by atoms with Crippen molar-refractivity contribution in [2.24, 2.45) is 0 Å². The van der Waals surface area contributed by atoms with E-state index in [-0.39, 0.29) is 0 Å². The first kappa shape index (κ1) is 82.2. The monoisotopic (exact) mass is 1710 g/mol. The lowest BCUT2D eigenvalue weighted by atomic mass is 9.92. The molecular weight excluding hydrogens is 1620 g/mol. The molecule has 6 heterocycles. The van der Waals surface area contributed by atoms with Crippen LogP contribution in [0, 0.1) is 20.8 Å². The van der Waals surface area contributed by atoms with Gasteiger partial charge in [-0.2, -0.15) is 0 Å². The van der Waals surface area contributed by atoms with Gasteiger partial charge < -0.3 is 0 Å². The van der Waals surface area contributed by atoms with Crippen LogP contribution in [0.5, 0.6) is 0 Å². The molecule has 0 atom stereocenters. The quantitative estimate of drug-likeness (QED) is 0.0839. The molecule has 0 radical (unpaired) electrons. The van der Waals surface area contributed by atoms with E-state index in [0.29, 0.717) is 52.4 Å². The molecule has 0 aliphatic heterocycles. The Morgan fingerprint density at radius 2 is 0.421 bits per heavy atom. The topological polar surface area (TPSA) is 168 Å². The minimum atomic E-state index is 0.613. The molecule has 0 amide bonds. The van der Waals surface area contributed by atoms with Crippen LogP contribution in [0.3, 0.4) is 0 Å². The maximum Gasteiger partial charge on any atom is 0.164 e. The third-order valence-electron chi connectivity index (χ3n) is 23.5. The predicted molar refractivity (Wildman–Crippen MR) is 542 cm³/mol. The van der Waals surface area contributed by atoms with Crippen LogP contribution in [0.1, 0.15) is 17.0 Å². The number of aromatic nitrogens is 13. The lowest BCUT2D eigenvalue weighted by molar-refractivity contribution is 1.06. The molecule has 17 aromatic carbocycles. The minimum absolute atomic E-state index is 0.613. The molecule has 0 unspecified atom stereocenters. The zero-order chi connectivity index (χ0) is 89.3. The molecule has 13 heteroatoms. The highest BCUT2D eigenvalue weighted by Gasteiger charge is 2.22. The number of rotatable bonds is 16. The van der Waals surface area contributed by atoms with Gasteiger partial charge in [-0.05, 0) is 194 Å². The highest BCUT2D eigenvalue weighted by Crippen LogP contribution is 2.42. The Labute approximate surface area is 770 Å². The standard InChI is InChI=1S/C42H29N3.C39H25N5.C39H29N5/c1-28-11-10-17-32(23-28)35-25-36(33-21-22-39-34(24-33)20-19-29-12-8-9-18-38(29)39)27-37(26-35)42-44-40(30-13-4-2-5-14-30)43-41(45-42)31-15-6-3-7-16-31;1-4-12-26(13-5-1)30-22-31(34-25-29-18-10-20-40-35(29)36-33(34)19-11-21-41-36)24-32(23-30)39-43-37(27-14-6-2-7-15-27)42-38(44-39)28-16-8-3-9-17-28;1-26-22-27(2)41-36(40-26)32-20-18-29(19-21-32)34-23-33(28-12-6-3-7-13-28)24-35(25-34)39-43-37(30-14-8-4-9-15-30)42-38(44-39)31-16-10-5-11-17-31/h2-27H,1H3;1-25H;3-25H,1-2H3. The first-order valence-electron chi connectivity index (χ1n) is 44.3. The lowest BCUT2D eigenvalue weighted by Gasteiger charge is -2.14. The first-order valence-corrected chi connectivity index (χ1v) is 44.3. The molecule has 0 aliphatic rings. The van der Waals surface area contributed by atoms with Gasteiger partial charge in [-0.3, -0.25) is 9.97 Å². The van der Waals surface area contributed by atoms with Crippen LogP contribution in [-0.4, -0.2) is 64.8 Å². The summed E-state index contributed by atoms with van der Waals surface area (Å²) in [7, 11) is 0. The van der Waals surface area contributed by atoms with Crippen LogP contribution >= 0.6 is 0 Å². The van der Waals surface area contributed by atoms with Crippen LogP contribution in [-0.2, 0) is 0 Å². The number of pyridine rings is 2. The Morgan fingerprint density at radius 3 is 0.850 bits per heavy atom. The normalized spacial score (nSPS) is 11.1. The van der Waals surface area contributed by atoms with Gasteiger partial charge in [0.1, 0.15) is 0 Å². The van der Waals surface area contributed by atoms with Gasteiger partial charge in [-0.15, -0.1) is 0 Å². The smallest absolute Gasteiger partial charge is 0.164 e. The van der Waals surface area contributed by atoms with Crippen LogP contribution in [0.15, 0.2) is 449 Å². The number of hydrogen-bond acceptors (Lipinski definition) is 13. The first-order chi connectivity index (χ1) is 65.6. The summed E-state index contributed by atoms with van der Waals surface area (Å²) in [5.41, 5.74) is 27.5. The van der Waals surface area contributed by atoms with Gasteiger partial charge in [0.2, 0.25) is 0 Å². The summed E-state index contributed by atoms with van der Waals surface area (Å²) < 4.78 is 0. The van der Waals surface area contributed by atoms with Gasteiger partial charge in [0.15, 0.2) is 58.2 Å². The molecule has 0 saturated heterocycles. The molecular formula is C120H83N13. The van der Waals surface area contributed by atoms with Gasteiger partial charge in [0.25, 0.3) is 0 Å². The van der Waals surface area contributed by atoms with Gasteiger partial charge >= 0.3 is 0 Å². The molecule has 0 fully saturated rings. The van der Waals surface area contributed by atoms with Crippen molar-refractivity contribution in [1.82, 2.24) is 64.8 Å². The van der Waals surface area contributed by atoms with Crippen LogP contribution in [0.25, 0.3) is 224 Å². The third-order valence-corrected chi connectivity index (χ3v) is 23.5. The summed E-state index contributed by atoms with van der Waals surface area (Å²) in [5.74, 6) is 6.46. The van der Waals surface area contributed by atoms with E-state index in [2.05, 4.69) is 246 Å².